The number of carbonyl (C=O) groups excluding carboxylic acids is 1. The summed E-state index contributed by atoms with van der Waals surface area (Å²) in [5.41, 5.74) is 1.20. The summed E-state index contributed by atoms with van der Waals surface area (Å²) in [6.45, 7) is 7.34. The van der Waals surface area contributed by atoms with Gasteiger partial charge in [0, 0.05) is 42.9 Å². The van der Waals surface area contributed by atoms with Gasteiger partial charge in [0.1, 0.15) is 0 Å². The van der Waals surface area contributed by atoms with Crippen LogP contribution in [0.5, 0.6) is 0 Å². The highest BCUT2D eigenvalue weighted by Crippen LogP contribution is 2.19. The molecule has 1 saturated heterocycles. The SMILES string of the molecule is C=CCNC(=O)N1CCN(c2ccc(Br)cc2)CC1. The molecular weight excluding hydrogens is 306 g/mol. The van der Waals surface area contributed by atoms with Crippen LogP contribution < -0.4 is 10.2 Å². The van der Waals surface area contributed by atoms with Gasteiger partial charge in [0.25, 0.3) is 0 Å². The molecule has 0 radical (unpaired) electrons. The second-order valence-electron chi connectivity index (χ2n) is 4.43. The Morgan fingerprint density at radius 3 is 2.47 bits per heavy atom. The van der Waals surface area contributed by atoms with Crippen molar-refractivity contribution >= 4 is 27.6 Å². The van der Waals surface area contributed by atoms with Crippen LogP contribution in [0.1, 0.15) is 0 Å². The minimum absolute atomic E-state index is 0.00430. The number of rotatable bonds is 3. The van der Waals surface area contributed by atoms with Crippen molar-refractivity contribution in [2.75, 3.05) is 37.6 Å². The summed E-state index contributed by atoms with van der Waals surface area (Å²) in [5, 5.41) is 2.81. The summed E-state index contributed by atoms with van der Waals surface area (Å²) < 4.78 is 1.08. The first-order valence-corrected chi connectivity index (χ1v) is 7.14. The second-order valence-corrected chi connectivity index (χ2v) is 5.34. The maximum Gasteiger partial charge on any atom is 0.317 e. The zero-order chi connectivity index (χ0) is 13.7. The number of nitrogens with one attached hydrogen (secondary N) is 1. The summed E-state index contributed by atoms with van der Waals surface area (Å²) in [6.07, 6.45) is 1.69. The lowest BCUT2D eigenvalue weighted by Crippen LogP contribution is -2.51. The Morgan fingerprint density at radius 2 is 1.89 bits per heavy atom. The van der Waals surface area contributed by atoms with Crippen LogP contribution in [0.2, 0.25) is 0 Å². The molecule has 0 spiro atoms. The van der Waals surface area contributed by atoms with E-state index in [0.717, 1.165) is 30.7 Å². The van der Waals surface area contributed by atoms with Gasteiger partial charge in [0.2, 0.25) is 0 Å². The number of urea groups is 1. The predicted octanol–water partition coefficient (Wildman–Crippen LogP) is 2.47. The van der Waals surface area contributed by atoms with Gasteiger partial charge >= 0.3 is 6.03 Å². The Morgan fingerprint density at radius 1 is 1.26 bits per heavy atom. The molecule has 0 unspecified atom stereocenters. The number of hydrogen-bond acceptors (Lipinski definition) is 2. The van der Waals surface area contributed by atoms with Crippen LogP contribution in [0.4, 0.5) is 10.5 Å². The molecule has 19 heavy (non-hydrogen) atoms. The lowest BCUT2D eigenvalue weighted by atomic mass is 10.2. The molecule has 0 atom stereocenters. The minimum Gasteiger partial charge on any atom is -0.368 e. The van der Waals surface area contributed by atoms with Crippen LogP contribution >= 0.6 is 15.9 Å². The molecule has 0 bridgehead atoms. The lowest BCUT2D eigenvalue weighted by molar-refractivity contribution is 0.195. The normalized spacial score (nSPS) is 15.2. The summed E-state index contributed by atoms with van der Waals surface area (Å²) in [7, 11) is 0. The van der Waals surface area contributed by atoms with Crippen molar-refractivity contribution in [3.8, 4) is 0 Å². The van der Waals surface area contributed by atoms with E-state index >= 15 is 0 Å². The van der Waals surface area contributed by atoms with Gasteiger partial charge in [-0.15, -0.1) is 6.58 Å². The van der Waals surface area contributed by atoms with E-state index in [-0.39, 0.29) is 6.03 Å². The molecule has 0 aromatic heterocycles. The third-order valence-electron chi connectivity index (χ3n) is 3.16. The molecule has 5 heteroatoms. The van der Waals surface area contributed by atoms with Gasteiger partial charge < -0.3 is 15.1 Å². The summed E-state index contributed by atoms with van der Waals surface area (Å²) >= 11 is 3.43. The maximum atomic E-state index is 11.8. The van der Waals surface area contributed by atoms with Gasteiger partial charge in [-0.1, -0.05) is 22.0 Å². The lowest BCUT2D eigenvalue weighted by Gasteiger charge is -2.36. The van der Waals surface area contributed by atoms with Crippen molar-refractivity contribution < 1.29 is 4.79 Å². The first-order valence-electron chi connectivity index (χ1n) is 6.35. The molecule has 1 aliphatic rings. The molecule has 1 heterocycles. The van der Waals surface area contributed by atoms with E-state index in [1.165, 1.54) is 5.69 Å². The van der Waals surface area contributed by atoms with Crippen molar-refractivity contribution in [1.29, 1.82) is 0 Å². The van der Waals surface area contributed by atoms with Gasteiger partial charge in [0.15, 0.2) is 0 Å². The van der Waals surface area contributed by atoms with E-state index < -0.39 is 0 Å². The van der Waals surface area contributed by atoms with Gasteiger partial charge in [-0.2, -0.15) is 0 Å². The van der Waals surface area contributed by atoms with Crippen LogP contribution in [0, 0.1) is 0 Å². The second kappa shape index (κ2) is 6.61. The fourth-order valence-electron chi connectivity index (χ4n) is 2.09. The zero-order valence-corrected chi connectivity index (χ0v) is 12.4. The molecule has 4 nitrogen and oxygen atoms in total. The number of nitrogens with zero attached hydrogens (tertiary/aromatic N) is 2. The number of benzene rings is 1. The van der Waals surface area contributed by atoms with Crippen molar-refractivity contribution in [3.63, 3.8) is 0 Å². The molecule has 2 rings (SSSR count). The number of piperazine rings is 1. The third-order valence-corrected chi connectivity index (χ3v) is 3.68. The topological polar surface area (TPSA) is 35.6 Å². The zero-order valence-electron chi connectivity index (χ0n) is 10.8. The van der Waals surface area contributed by atoms with Crippen LogP contribution in [0.3, 0.4) is 0 Å². The van der Waals surface area contributed by atoms with E-state index in [1.54, 1.807) is 6.08 Å². The Bertz CT molecular complexity index is 439. The molecular formula is C14H18BrN3O. The molecule has 0 aliphatic carbocycles. The number of halogens is 1. The third kappa shape index (κ3) is 3.73. The molecule has 102 valence electrons. The Labute approximate surface area is 122 Å². The fraction of sp³-hybridized carbons (Fsp3) is 0.357. The summed E-state index contributed by atoms with van der Waals surface area (Å²) in [4.78, 5) is 15.9. The highest BCUT2D eigenvalue weighted by atomic mass is 79.9. The Hall–Kier alpha value is -1.49. The van der Waals surface area contributed by atoms with Gasteiger partial charge in [-0.3, -0.25) is 0 Å². The van der Waals surface area contributed by atoms with Gasteiger partial charge in [0.05, 0.1) is 0 Å². The molecule has 1 aliphatic heterocycles. The summed E-state index contributed by atoms with van der Waals surface area (Å²) in [6, 6.07) is 8.27. The fourth-order valence-corrected chi connectivity index (χ4v) is 2.36. The van der Waals surface area contributed by atoms with E-state index in [1.807, 2.05) is 17.0 Å². The van der Waals surface area contributed by atoms with E-state index in [9.17, 15) is 4.79 Å². The molecule has 0 saturated carbocycles. The largest absolute Gasteiger partial charge is 0.368 e. The Kier molecular flexibility index (Phi) is 4.85. The van der Waals surface area contributed by atoms with Gasteiger partial charge in [-0.25, -0.2) is 4.79 Å². The highest BCUT2D eigenvalue weighted by Gasteiger charge is 2.20. The minimum atomic E-state index is -0.00430. The average Bonchev–Trinajstić information content (AvgIpc) is 2.46. The number of anilines is 1. The average molecular weight is 324 g/mol. The highest BCUT2D eigenvalue weighted by molar-refractivity contribution is 9.10. The molecule has 1 aromatic rings. The molecule has 2 amide bonds. The van der Waals surface area contributed by atoms with E-state index in [4.69, 9.17) is 0 Å². The van der Waals surface area contributed by atoms with Crippen LogP contribution in [-0.2, 0) is 0 Å². The van der Waals surface area contributed by atoms with Crippen LogP contribution in [0.25, 0.3) is 0 Å². The monoisotopic (exact) mass is 323 g/mol. The van der Waals surface area contributed by atoms with Crippen LogP contribution in [-0.4, -0.2) is 43.7 Å². The first-order chi connectivity index (χ1) is 9.20. The van der Waals surface area contributed by atoms with Crippen molar-refractivity contribution in [2.45, 2.75) is 0 Å². The first kappa shape index (κ1) is 13.9. The van der Waals surface area contributed by atoms with Crippen molar-refractivity contribution in [3.05, 3.63) is 41.4 Å². The standard InChI is InChI=1S/C14H18BrN3O/c1-2-7-16-14(19)18-10-8-17(9-11-18)13-5-3-12(15)4-6-13/h2-6H,1,7-11H2,(H,16,19). The van der Waals surface area contributed by atoms with Crippen LogP contribution in [0.15, 0.2) is 41.4 Å². The molecule has 1 aromatic carbocycles. The summed E-state index contributed by atoms with van der Waals surface area (Å²) in [5.74, 6) is 0. The maximum absolute atomic E-state index is 11.8. The predicted molar refractivity (Wildman–Crippen MR) is 81.5 cm³/mol. The smallest absolute Gasteiger partial charge is 0.317 e. The quantitative estimate of drug-likeness (QED) is 0.867. The van der Waals surface area contributed by atoms with Crippen molar-refractivity contribution in [1.82, 2.24) is 10.2 Å². The van der Waals surface area contributed by atoms with E-state index in [2.05, 4.69) is 44.9 Å². The number of hydrogen-bond donors (Lipinski definition) is 1. The number of carbonyl (C=O) groups is 1. The van der Waals surface area contributed by atoms with Crippen molar-refractivity contribution in [2.24, 2.45) is 0 Å². The number of amides is 2. The Balaban J connectivity index is 1.86. The van der Waals surface area contributed by atoms with Gasteiger partial charge in [-0.05, 0) is 24.3 Å². The van der Waals surface area contributed by atoms with E-state index in [0.29, 0.717) is 6.54 Å². The molecule has 1 N–H and O–H groups in total. The molecule has 1 fully saturated rings.